The normalized spacial score (nSPS) is 12.0. The van der Waals surface area contributed by atoms with Crippen molar-refractivity contribution in [3.05, 3.63) is 29.8 Å². The maximum absolute atomic E-state index is 12.1. The summed E-state index contributed by atoms with van der Waals surface area (Å²) in [5.74, 6) is 0. The Kier molecular flexibility index (Phi) is 7.88. The molecule has 0 bridgehead atoms. The second-order valence-corrected chi connectivity index (χ2v) is 7.10. The highest BCUT2D eigenvalue weighted by Crippen LogP contribution is 2.10. The molecule has 0 saturated heterocycles. The van der Waals surface area contributed by atoms with Crippen LogP contribution in [0.3, 0.4) is 0 Å². The van der Waals surface area contributed by atoms with Crippen molar-refractivity contribution >= 4 is 10.0 Å². The van der Waals surface area contributed by atoms with E-state index in [2.05, 4.69) is 14.9 Å². The predicted octanol–water partition coefficient (Wildman–Crippen LogP) is 1.42. The van der Waals surface area contributed by atoms with Crippen LogP contribution in [0.5, 0.6) is 0 Å². The van der Waals surface area contributed by atoms with Gasteiger partial charge in [-0.3, -0.25) is 0 Å². The van der Waals surface area contributed by atoms with Gasteiger partial charge >= 0.3 is 0 Å². The van der Waals surface area contributed by atoms with Gasteiger partial charge in [0.2, 0.25) is 10.0 Å². The number of nitrogens with one attached hydrogen (secondary N) is 2. The Hall–Kier alpha value is -0.950. The van der Waals surface area contributed by atoms with Gasteiger partial charge in [0.15, 0.2) is 0 Å². The number of unbranched alkanes of at least 4 members (excludes halogenated alkanes) is 1. The second-order valence-electron chi connectivity index (χ2n) is 5.33. The molecule has 0 aliphatic carbocycles. The zero-order chi connectivity index (χ0) is 15.7. The van der Waals surface area contributed by atoms with Gasteiger partial charge in [-0.1, -0.05) is 19.1 Å². The van der Waals surface area contributed by atoms with Crippen LogP contribution in [-0.4, -0.2) is 47.0 Å². The largest absolute Gasteiger partial charge is 0.313 e. The Morgan fingerprint density at radius 2 is 1.76 bits per heavy atom. The molecule has 120 valence electrons. The van der Waals surface area contributed by atoms with Gasteiger partial charge in [0.05, 0.1) is 4.90 Å². The van der Waals surface area contributed by atoms with E-state index < -0.39 is 10.0 Å². The second kappa shape index (κ2) is 9.15. The van der Waals surface area contributed by atoms with Crippen LogP contribution >= 0.6 is 0 Å². The fraction of sp³-hybridized carbons (Fsp3) is 0.600. The summed E-state index contributed by atoms with van der Waals surface area (Å²) in [7, 11) is 0.644. The SMILES string of the molecule is CCNCc1ccc(S(=O)(=O)NCCCCN(C)C)cc1. The Bertz CT molecular complexity index is 498. The van der Waals surface area contributed by atoms with E-state index >= 15 is 0 Å². The van der Waals surface area contributed by atoms with Gasteiger partial charge in [0.1, 0.15) is 0 Å². The fourth-order valence-electron chi connectivity index (χ4n) is 1.90. The van der Waals surface area contributed by atoms with Gasteiger partial charge in [0.25, 0.3) is 0 Å². The Morgan fingerprint density at radius 3 is 2.33 bits per heavy atom. The molecule has 21 heavy (non-hydrogen) atoms. The minimum absolute atomic E-state index is 0.329. The monoisotopic (exact) mass is 313 g/mol. The molecule has 0 spiro atoms. The quantitative estimate of drug-likeness (QED) is 0.641. The number of nitrogens with zero attached hydrogens (tertiary/aromatic N) is 1. The van der Waals surface area contributed by atoms with E-state index in [4.69, 9.17) is 0 Å². The standard InChI is InChI=1S/C15H27N3O2S/c1-4-16-13-14-7-9-15(10-8-14)21(19,20)17-11-5-6-12-18(2)3/h7-10,16-17H,4-6,11-13H2,1-3H3. The highest BCUT2D eigenvalue weighted by molar-refractivity contribution is 7.89. The van der Waals surface area contributed by atoms with E-state index in [-0.39, 0.29) is 0 Å². The third kappa shape index (κ3) is 7.04. The molecule has 0 amide bonds. The van der Waals surface area contributed by atoms with Crippen LogP contribution in [0.25, 0.3) is 0 Å². The number of rotatable bonds is 10. The van der Waals surface area contributed by atoms with Crippen molar-refractivity contribution in [2.24, 2.45) is 0 Å². The first-order valence-corrected chi connectivity index (χ1v) is 8.88. The van der Waals surface area contributed by atoms with Crippen molar-refractivity contribution in [3.8, 4) is 0 Å². The first-order chi connectivity index (χ1) is 9.95. The summed E-state index contributed by atoms with van der Waals surface area (Å²) in [6.07, 6.45) is 1.83. The molecule has 2 N–H and O–H groups in total. The lowest BCUT2D eigenvalue weighted by atomic mass is 10.2. The molecule has 0 heterocycles. The molecule has 1 rings (SSSR count). The van der Waals surface area contributed by atoms with Gasteiger partial charge < -0.3 is 10.2 Å². The molecule has 0 aromatic heterocycles. The van der Waals surface area contributed by atoms with Crippen LogP contribution < -0.4 is 10.0 Å². The maximum atomic E-state index is 12.1. The molecular formula is C15H27N3O2S. The van der Waals surface area contributed by atoms with Crippen molar-refractivity contribution < 1.29 is 8.42 Å². The van der Waals surface area contributed by atoms with E-state index in [1.54, 1.807) is 12.1 Å². The lowest BCUT2D eigenvalue weighted by Crippen LogP contribution is -2.25. The van der Waals surface area contributed by atoms with Crippen LogP contribution in [0.2, 0.25) is 0 Å². The maximum Gasteiger partial charge on any atom is 0.240 e. The summed E-state index contributed by atoms with van der Waals surface area (Å²) in [6.45, 7) is 5.15. The summed E-state index contributed by atoms with van der Waals surface area (Å²) in [5, 5.41) is 3.21. The first kappa shape index (κ1) is 18.1. The van der Waals surface area contributed by atoms with Crippen molar-refractivity contribution in [2.45, 2.75) is 31.2 Å². The smallest absolute Gasteiger partial charge is 0.240 e. The van der Waals surface area contributed by atoms with Crippen LogP contribution in [0.15, 0.2) is 29.2 Å². The highest BCUT2D eigenvalue weighted by Gasteiger charge is 2.12. The summed E-state index contributed by atoms with van der Waals surface area (Å²) in [4.78, 5) is 2.42. The van der Waals surface area contributed by atoms with E-state index in [9.17, 15) is 8.42 Å². The molecule has 0 saturated carbocycles. The van der Waals surface area contributed by atoms with E-state index in [0.717, 1.165) is 38.0 Å². The van der Waals surface area contributed by atoms with Gasteiger partial charge in [-0.15, -0.1) is 0 Å². The molecule has 0 aliphatic rings. The predicted molar refractivity (Wildman–Crippen MR) is 86.8 cm³/mol. The first-order valence-electron chi connectivity index (χ1n) is 7.39. The molecule has 1 aromatic carbocycles. The average Bonchev–Trinajstić information content (AvgIpc) is 2.44. The molecule has 5 nitrogen and oxygen atoms in total. The van der Waals surface area contributed by atoms with Gasteiger partial charge in [-0.05, 0) is 57.7 Å². The van der Waals surface area contributed by atoms with E-state index in [1.807, 2.05) is 33.2 Å². The third-order valence-electron chi connectivity index (χ3n) is 3.14. The van der Waals surface area contributed by atoms with Gasteiger partial charge in [0, 0.05) is 13.1 Å². The zero-order valence-corrected chi connectivity index (χ0v) is 14.0. The Balaban J connectivity index is 2.46. The Labute approximate surface area is 128 Å². The molecule has 0 atom stereocenters. The van der Waals surface area contributed by atoms with Crippen molar-refractivity contribution in [1.29, 1.82) is 0 Å². The number of hydrogen-bond acceptors (Lipinski definition) is 4. The molecule has 0 fully saturated rings. The van der Waals surface area contributed by atoms with Crippen LogP contribution in [0.4, 0.5) is 0 Å². The van der Waals surface area contributed by atoms with Crippen molar-refractivity contribution in [3.63, 3.8) is 0 Å². The molecule has 1 aromatic rings. The number of benzene rings is 1. The summed E-state index contributed by atoms with van der Waals surface area (Å²) < 4.78 is 26.9. The molecule has 0 unspecified atom stereocenters. The van der Waals surface area contributed by atoms with E-state index in [1.165, 1.54) is 0 Å². The Morgan fingerprint density at radius 1 is 1.10 bits per heavy atom. The summed E-state index contributed by atoms with van der Waals surface area (Å²) >= 11 is 0. The number of sulfonamides is 1. The number of hydrogen-bond donors (Lipinski definition) is 2. The zero-order valence-electron chi connectivity index (χ0n) is 13.2. The molecule has 0 radical (unpaired) electrons. The average molecular weight is 313 g/mol. The summed E-state index contributed by atoms with van der Waals surface area (Å²) in [6, 6.07) is 7.02. The molecule has 6 heteroatoms. The fourth-order valence-corrected chi connectivity index (χ4v) is 2.97. The minimum Gasteiger partial charge on any atom is -0.313 e. The minimum atomic E-state index is -3.38. The summed E-state index contributed by atoms with van der Waals surface area (Å²) in [5.41, 5.74) is 1.08. The van der Waals surface area contributed by atoms with Crippen molar-refractivity contribution in [2.75, 3.05) is 33.7 Å². The van der Waals surface area contributed by atoms with Crippen LogP contribution in [-0.2, 0) is 16.6 Å². The molecule has 0 aliphatic heterocycles. The van der Waals surface area contributed by atoms with E-state index in [0.29, 0.717) is 11.4 Å². The third-order valence-corrected chi connectivity index (χ3v) is 4.61. The van der Waals surface area contributed by atoms with Crippen LogP contribution in [0, 0.1) is 0 Å². The van der Waals surface area contributed by atoms with Gasteiger partial charge in [-0.2, -0.15) is 0 Å². The molecular weight excluding hydrogens is 286 g/mol. The van der Waals surface area contributed by atoms with Crippen molar-refractivity contribution in [1.82, 2.24) is 14.9 Å². The van der Waals surface area contributed by atoms with Gasteiger partial charge in [-0.25, -0.2) is 13.1 Å². The topological polar surface area (TPSA) is 61.4 Å². The lowest BCUT2D eigenvalue weighted by Gasteiger charge is -2.10. The lowest BCUT2D eigenvalue weighted by molar-refractivity contribution is 0.394. The highest BCUT2D eigenvalue weighted by atomic mass is 32.2. The van der Waals surface area contributed by atoms with Crippen LogP contribution in [0.1, 0.15) is 25.3 Å².